The number of hydrogen-bond acceptors (Lipinski definition) is 3. The number of hydrogen-bond donors (Lipinski definition) is 0. The molecule has 3 heterocycles. The van der Waals surface area contributed by atoms with Gasteiger partial charge in [0.2, 0.25) is 0 Å². The topological polar surface area (TPSA) is 15.7 Å². The Labute approximate surface area is 151 Å². The van der Waals surface area contributed by atoms with Crippen LogP contribution in [0, 0.1) is 17.2 Å². The van der Waals surface area contributed by atoms with Crippen LogP contribution in [0.4, 0.5) is 4.39 Å². The van der Waals surface area contributed by atoms with E-state index in [1.54, 1.807) is 6.07 Å². The van der Waals surface area contributed by atoms with Crippen molar-refractivity contribution in [1.82, 2.24) is 9.80 Å². The molecular formula is C21H31FN2O. The van der Waals surface area contributed by atoms with Crippen LogP contribution >= 0.6 is 0 Å². The SMILES string of the molecule is Fc1cccc(CN2CCC3(CC2)CCN(C[C@H]2CCOC2)CC3)c1. The zero-order valence-corrected chi connectivity index (χ0v) is 15.3. The molecular weight excluding hydrogens is 315 g/mol. The number of benzene rings is 1. The average molecular weight is 346 g/mol. The van der Waals surface area contributed by atoms with Crippen molar-refractivity contribution in [3.8, 4) is 0 Å². The summed E-state index contributed by atoms with van der Waals surface area (Å²) in [6, 6.07) is 7.07. The summed E-state index contributed by atoms with van der Waals surface area (Å²) < 4.78 is 18.9. The van der Waals surface area contributed by atoms with Crippen LogP contribution in [-0.2, 0) is 11.3 Å². The van der Waals surface area contributed by atoms with E-state index < -0.39 is 0 Å². The van der Waals surface area contributed by atoms with Crippen molar-refractivity contribution in [3.05, 3.63) is 35.6 Å². The Balaban J connectivity index is 1.23. The van der Waals surface area contributed by atoms with E-state index in [1.807, 2.05) is 12.1 Å². The summed E-state index contributed by atoms with van der Waals surface area (Å²) in [5, 5.41) is 0. The highest BCUT2D eigenvalue weighted by atomic mass is 19.1. The second-order valence-corrected chi connectivity index (χ2v) is 8.44. The van der Waals surface area contributed by atoms with Gasteiger partial charge in [0.1, 0.15) is 5.82 Å². The Morgan fingerprint density at radius 1 is 1.04 bits per heavy atom. The minimum Gasteiger partial charge on any atom is -0.381 e. The number of rotatable bonds is 4. The second kappa shape index (κ2) is 7.73. The summed E-state index contributed by atoms with van der Waals surface area (Å²) in [5.74, 6) is 0.646. The molecule has 1 atom stereocenters. The fraction of sp³-hybridized carbons (Fsp3) is 0.714. The van der Waals surface area contributed by atoms with Crippen molar-refractivity contribution in [3.63, 3.8) is 0 Å². The van der Waals surface area contributed by atoms with Gasteiger partial charge in [0.25, 0.3) is 0 Å². The fourth-order valence-corrected chi connectivity index (χ4v) is 4.88. The van der Waals surface area contributed by atoms with E-state index in [0.717, 1.165) is 44.3 Å². The smallest absolute Gasteiger partial charge is 0.123 e. The van der Waals surface area contributed by atoms with Gasteiger partial charge in [-0.1, -0.05) is 12.1 Å². The van der Waals surface area contributed by atoms with E-state index in [9.17, 15) is 4.39 Å². The molecule has 0 amide bonds. The third-order valence-electron chi connectivity index (χ3n) is 6.67. The van der Waals surface area contributed by atoms with Gasteiger partial charge in [0.05, 0.1) is 6.61 Å². The molecule has 0 aliphatic carbocycles. The summed E-state index contributed by atoms with van der Waals surface area (Å²) in [7, 11) is 0. The molecule has 0 bridgehead atoms. The molecule has 4 rings (SSSR count). The summed E-state index contributed by atoms with van der Waals surface area (Å²) >= 11 is 0. The molecule has 0 aromatic heterocycles. The van der Waals surface area contributed by atoms with Gasteiger partial charge in [-0.25, -0.2) is 4.39 Å². The van der Waals surface area contributed by atoms with Gasteiger partial charge in [-0.3, -0.25) is 4.90 Å². The van der Waals surface area contributed by atoms with Crippen molar-refractivity contribution in [2.75, 3.05) is 45.9 Å². The molecule has 1 aromatic carbocycles. The molecule has 4 heteroatoms. The van der Waals surface area contributed by atoms with Crippen LogP contribution in [0.5, 0.6) is 0 Å². The molecule has 0 saturated carbocycles. The zero-order valence-electron chi connectivity index (χ0n) is 15.3. The summed E-state index contributed by atoms with van der Waals surface area (Å²) in [4.78, 5) is 5.17. The van der Waals surface area contributed by atoms with Gasteiger partial charge in [-0.05, 0) is 87.3 Å². The first-order valence-corrected chi connectivity index (χ1v) is 9.98. The Morgan fingerprint density at radius 2 is 1.76 bits per heavy atom. The number of halogens is 1. The first kappa shape index (κ1) is 17.4. The molecule has 3 aliphatic rings. The molecule has 25 heavy (non-hydrogen) atoms. The predicted molar refractivity (Wildman–Crippen MR) is 97.9 cm³/mol. The van der Waals surface area contributed by atoms with Crippen molar-refractivity contribution in [1.29, 1.82) is 0 Å². The van der Waals surface area contributed by atoms with Crippen LogP contribution in [-0.4, -0.2) is 55.7 Å². The Morgan fingerprint density at radius 3 is 2.40 bits per heavy atom. The number of piperidine rings is 2. The van der Waals surface area contributed by atoms with E-state index in [-0.39, 0.29) is 5.82 Å². The lowest BCUT2D eigenvalue weighted by Gasteiger charge is -2.47. The maximum Gasteiger partial charge on any atom is 0.123 e. The lowest BCUT2D eigenvalue weighted by molar-refractivity contribution is 0.0270. The maximum absolute atomic E-state index is 13.4. The summed E-state index contributed by atoms with van der Waals surface area (Å²) in [6.45, 7) is 8.91. The molecule has 1 spiro atoms. The first-order chi connectivity index (χ1) is 12.2. The standard InChI is InChI=1S/C21H31FN2O/c22-20-3-1-2-18(14-20)15-23-9-5-21(6-10-23)7-11-24(12-8-21)16-19-4-13-25-17-19/h1-3,14,19H,4-13,15-17H2/t19-/m1/s1. The number of ether oxygens (including phenoxy) is 1. The van der Waals surface area contributed by atoms with Crippen LogP contribution in [0.1, 0.15) is 37.7 Å². The monoisotopic (exact) mass is 346 g/mol. The average Bonchev–Trinajstić information content (AvgIpc) is 3.13. The lowest BCUT2D eigenvalue weighted by Crippen LogP contribution is -2.47. The predicted octanol–water partition coefficient (Wildman–Crippen LogP) is 3.54. The van der Waals surface area contributed by atoms with E-state index >= 15 is 0 Å². The lowest BCUT2D eigenvalue weighted by atomic mass is 9.71. The number of nitrogens with zero attached hydrogens (tertiary/aromatic N) is 2. The minimum absolute atomic E-state index is 0.119. The Kier molecular flexibility index (Phi) is 5.39. The molecule has 138 valence electrons. The molecule has 1 aromatic rings. The van der Waals surface area contributed by atoms with E-state index in [4.69, 9.17) is 4.74 Å². The van der Waals surface area contributed by atoms with E-state index in [2.05, 4.69) is 9.80 Å². The highest BCUT2D eigenvalue weighted by molar-refractivity contribution is 5.16. The van der Waals surface area contributed by atoms with Crippen LogP contribution in [0.2, 0.25) is 0 Å². The molecule has 3 nitrogen and oxygen atoms in total. The van der Waals surface area contributed by atoms with Gasteiger partial charge in [-0.15, -0.1) is 0 Å². The molecule has 3 saturated heterocycles. The second-order valence-electron chi connectivity index (χ2n) is 8.44. The molecule has 0 unspecified atom stereocenters. The minimum atomic E-state index is -0.119. The maximum atomic E-state index is 13.4. The van der Waals surface area contributed by atoms with Crippen LogP contribution in [0.25, 0.3) is 0 Å². The highest BCUT2D eigenvalue weighted by Crippen LogP contribution is 2.41. The van der Waals surface area contributed by atoms with Crippen molar-refractivity contribution < 1.29 is 9.13 Å². The normalized spacial score (nSPS) is 27.8. The highest BCUT2D eigenvalue weighted by Gasteiger charge is 2.37. The van der Waals surface area contributed by atoms with Crippen molar-refractivity contribution >= 4 is 0 Å². The fourth-order valence-electron chi connectivity index (χ4n) is 4.88. The quantitative estimate of drug-likeness (QED) is 0.829. The van der Waals surface area contributed by atoms with Crippen LogP contribution in [0.15, 0.2) is 24.3 Å². The largest absolute Gasteiger partial charge is 0.381 e. The van der Waals surface area contributed by atoms with Crippen LogP contribution < -0.4 is 0 Å². The zero-order chi connectivity index (χ0) is 17.1. The Hall–Kier alpha value is -0.970. The van der Waals surface area contributed by atoms with Gasteiger partial charge >= 0.3 is 0 Å². The molecule has 0 N–H and O–H groups in total. The van der Waals surface area contributed by atoms with E-state index in [1.165, 1.54) is 57.8 Å². The third-order valence-corrected chi connectivity index (χ3v) is 6.67. The van der Waals surface area contributed by atoms with Gasteiger partial charge in [0.15, 0.2) is 0 Å². The third kappa shape index (κ3) is 4.42. The van der Waals surface area contributed by atoms with Gasteiger partial charge in [0, 0.05) is 19.7 Å². The van der Waals surface area contributed by atoms with Gasteiger partial charge < -0.3 is 9.64 Å². The number of likely N-dealkylation sites (tertiary alicyclic amines) is 2. The molecule has 0 radical (unpaired) electrons. The Bertz CT molecular complexity index is 555. The molecule has 3 fully saturated rings. The molecule has 3 aliphatic heterocycles. The van der Waals surface area contributed by atoms with Gasteiger partial charge in [-0.2, -0.15) is 0 Å². The van der Waals surface area contributed by atoms with Crippen LogP contribution in [0.3, 0.4) is 0 Å². The van der Waals surface area contributed by atoms with Crippen molar-refractivity contribution in [2.45, 2.75) is 38.6 Å². The van der Waals surface area contributed by atoms with Crippen molar-refractivity contribution in [2.24, 2.45) is 11.3 Å². The first-order valence-electron chi connectivity index (χ1n) is 9.98. The summed E-state index contributed by atoms with van der Waals surface area (Å²) in [6.07, 6.45) is 6.57. The van der Waals surface area contributed by atoms with E-state index in [0.29, 0.717) is 5.41 Å². The summed E-state index contributed by atoms with van der Waals surface area (Å²) in [5.41, 5.74) is 1.67.